The molecule has 0 atom stereocenters. The molecule has 1 fully saturated rings. The predicted molar refractivity (Wildman–Crippen MR) is 109 cm³/mol. The number of aromatic nitrogens is 6. The maximum Gasteiger partial charge on any atom is 0.280 e. The van der Waals surface area contributed by atoms with E-state index < -0.39 is 0 Å². The lowest BCUT2D eigenvalue weighted by molar-refractivity contribution is 0.573. The maximum atomic E-state index is 13.2. The zero-order valence-electron chi connectivity index (χ0n) is 16.1. The molecule has 4 rings (SSSR count). The highest BCUT2D eigenvalue weighted by molar-refractivity contribution is 7.99. The van der Waals surface area contributed by atoms with Gasteiger partial charge in [-0.1, -0.05) is 5.92 Å². The van der Waals surface area contributed by atoms with E-state index in [-0.39, 0.29) is 5.56 Å². The standard InChI is InChI=1S/C18H22N8OS/c1-4-5-9-26-13-14(21-16(26)25-11-6-19-7-12-25)22-18(24(3)15(13)27)28-17-20-8-10-23(17)2/h8,10,19H,6-7,9,11-12H2,1-3H3. The Labute approximate surface area is 166 Å². The topological polar surface area (TPSA) is 85.8 Å². The monoisotopic (exact) mass is 398 g/mol. The third-order valence-corrected chi connectivity index (χ3v) is 5.82. The lowest BCUT2D eigenvalue weighted by Gasteiger charge is -2.28. The van der Waals surface area contributed by atoms with E-state index in [4.69, 9.17) is 4.98 Å². The highest BCUT2D eigenvalue weighted by Gasteiger charge is 2.23. The van der Waals surface area contributed by atoms with Crippen molar-refractivity contribution in [3.63, 3.8) is 0 Å². The normalized spacial score (nSPS) is 14.3. The van der Waals surface area contributed by atoms with E-state index in [2.05, 4.69) is 32.0 Å². The second kappa shape index (κ2) is 7.69. The first-order valence-electron chi connectivity index (χ1n) is 9.08. The number of nitrogens with zero attached hydrogens (tertiary/aromatic N) is 7. The number of rotatable bonds is 4. The maximum absolute atomic E-state index is 13.2. The third-order valence-electron chi connectivity index (χ3n) is 4.70. The van der Waals surface area contributed by atoms with Crippen LogP contribution < -0.4 is 15.8 Å². The summed E-state index contributed by atoms with van der Waals surface area (Å²) in [5.74, 6) is 6.72. The molecule has 0 aliphatic carbocycles. The molecule has 4 heterocycles. The molecular weight excluding hydrogens is 376 g/mol. The molecule has 1 aliphatic heterocycles. The van der Waals surface area contributed by atoms with E-state index in [1.54, 1.807) is 24.7 Å². The largest absolute Gasteiger partial charge is 0.340 e. The van der Waals surface area contributed by atoms with Crippen molar-refractivity contribution in [3.05, 3.63) is 22.7 Å². The van der Waals surface area contributed by atoms with Crippen molar-refractivity contribution >= 4 is 28.9 Å². The van der Waals surface area contributed by atoms with Gasteiger partial charge in [0.05, 0.1) is 6.54 Å². The first-order chi connectivity index (χ1) is 13.6. The van der Waals surface area contributed by atoms with Crippen molar-refractivity contribution in [2.45, 2.75) is 23.8 Å². The van der Waals surface area contributed by atoms with Crippen molar-refractivity contribution in [3.8, 4) is 11.8 Å². The number of aryl methyl sites for hydroxylation is 1. The summed E-state index contributed by atoms with van der Waals surface area (Å²) in [6.45, 7) is 5.63. The zero-order chi connectivity index (χ0) is 19.7. The summed E-state index contributed by atoms with van der Waals surface area (Å²) >= 11 is 1.35. The van der Waals surface area contributed by atoms with Gasteiger partial charge in [0.2, 0.25) is 5.95 Å². The molecule has 10 heteroatoms. The third kappa shape index (κ3) is 3.27. The van der Waals surface area contributed by atoms with Crippen molar-refractivity contribution < 1.29 is 0 Å². The van der Waals surface area contributed by atoms with Crippen LogP contribution in [-0.4, -0.2) is 54.8 Å². The summed E-state index contributed by atoms with van der Waals surface area (Å²) in [6, 6.07) is 0. The first-order valence-corrected chi connectivity index (χ1v) is 9.89. The second-order valence-electron chi connectivity index (χ2n) is 6.52. The fourth-order valence-electron chi connectivity index (χ4n) is 3.17. The minimum atomic E-state index is -0.131. The zero-order valence-corrected chi connectivity index (χ0v) is 17.0. The van der Waals surface area contributed by atoms with E-state index in [1.807, 2.05) is 22.4 Å². The molecule has 1 N–H and O–H groups in total. The lowest BCUT2D eigenvalue weighted by Crippen LogP contribution is -2.44. The molecular formula is C18H22N8OS. The van der Waals surface area contributed by atoms with E-state index in [1.165, 1.54) is 11.8 Å². The SMILES string of the molecule is CC#CCn1c(N2CCNCC2)nc2nc(Sc3nccn3C)n(C)c(=O)c21. The Morgan fingerprint density at radius 1 is 1.21 bits per heavy atom. The van der Waals surface area contributed by atoms with Crippen LogP contribution in [0.5, 0.6) is 0 Å². The van der Waals surface area contributed by atoms with Gasteiger partial charge in [0.1, 0.15) is 0 Å². The quantitative estimate of drug-likeness (QED) is 0.504. The summed E-state index contributed by atoms with van der Waals surface area (Å²) in [6.07, 6.45) is 3.58. The molecule has 9 nitrogen and oxygen atoms in total. The minimum absolute atomic E-state index is 0.131. The molecule has 3 aromatic rings. The van der Waals surface area contributed by atoms with E-state index in [9.17, 15) is 4.79 Å². The van der Waals surface area contributed by atoms with Gasteiger partial charge in [-0.15, -0.1) is 5.92 Å². The molecule has 1 saturated heterocycles. The van der Waals surface area contributed by atoms with Gasteiger partial charge in [-0.3, -0.25) is 13.9 Å². The number of piperazine rings is 1. The molecule has 0 amide bonds. The average Bonchev–Trinajstić information content (AvgIpc) is 3.28. The predicted octanol–water partition coefficient (Wildman–Crippen LogP) is 0.448. The molecule has 0 bridgehead atoms. The lowest BCUT2D eigenvalue weighted by atomic mass is 10.4. The molecule has 0 radical (unpaired) electrons. The summed E-state index contributed by atoms with van der Waals surface area (Å²) in [7, 11) is 3.64. The van der Waals surface area contributed by atoms with Gasteiger partial charge >= 0.3 is 0 Å². The van der Waals surface area contributed by atoms with Crippen molar-refractivity contribution in [1.29, 1.82) is 0 Å². The summed E-state index contributed by atoms with van der Waals surface area (Å²) in [5, 5.41) is 4.66. The highest BCUT2D eigenvalue weighted by Crippen LogP contribution is 2.26. The van der Waals surface area contributed by atoms with Crippen molar-refractivity contribution in [2.75, 3.05) is 31.1 Å². The van der Waals surface area contributed by atoms with Crippen LogP contribution in [0.1, 0.15) is 6.92 Å². The molecule has 0 aromatic carbocycles. The van der Waals surface area contributed by atoms with Crippen molar-refractivity contribution in [2.24, 2.45) is 14.1 Å². The fraction of sp³-hybridized carbons (Fsp3) is 0.444. The molecule has 3 aromatic heterocycles. The molecule has 0 spiro atoms. The number of anilines is 1. The van der Waals surface area contributed by atoms with Crippen LogP contribution in [0.15, 0.2) is 27.5 Å². The Hall–Kier alpha value is -2.77. The Bertz CT molecular complexity index is 1130. The summed E-state index contributed by atoms with van der Waals surface area (Å²) in [4.78, 5) is 29.1. The van der Waals surface area contributed by atoms with Crippen LogP contribution in [0.25, 0.3) is 11.2 Å². The Morgan fingerprint density at radius 3 is 2.68 bits per heavy atom. The highest BCUT2D eigenvalue weighted by atomic mass is 32.2. The van der Waals surface area contributed by atoms with E-state index in [0.717, 1.165) is 37.3 Å². The van der Waals surface area contributed by atoms with Gasteiger partial charge in [-0.25, -0.2) is 9.97 Å². The van der Waals surface area contributed by atoms with Crippen molar-refractivity contribution in [1.82, 2.24) is 34.0 Å². The molecule has 28 heavy (non-hydrogen) atoms. The Kier molecular flexibility index (Phi) is 5.11. The molecule has 0 unspecified atom stereocenters. The smallest absolute Gasteiger partial charge is 0.280 e. The fourth-order valence-corrected chi connectivity index (χ4v) is 4.00. The summed E-state index contributed by atoms with van der Waals surface area (Å²) in [5.41, 5.74) is 0.808. The van der Waals surface area contributed by atoms with Gasteiger partial charge in [0.25, 0.3) is 5.56 Å². The number of hydrogen-bond donors (Lipinski definition) is 1. The van der Waals surface area contributed by atoms with Gasteiger partial charge in [0.15, 0.2) is 21.5 Å². The first kappa shape index (κ1) is 18.6. The van der Waals surface area contributed by atoms with E-state index >= 15 is 0 Å². The Balaban J connectivity index is 1.86. The summed E-state index contributed by atoms with van der Waals surface area (Å²) < 4.78 is 5.34. The number of hydrogen-bond acceptors (Lipinski definition) is 7. The molecule has 1 aliphatic rings. The van der Waals surface area contributed by atoms with Crippen LogP contribution >= 0.6 is 11.8 Å². The average molecular weight is 398 g/mol. The van der Waals surface area contributed by atoms with Gasteiger partial charge < -0.3 is 14.8 Å². The number of imidazole rings is 2. The van der Waals surface area contributed by atoms with Gasteiger partial charge in [-0.2, -0.15) is 4.98 Å². The van der Waals surface area contributed by atoms with Crippen LogP contribution in [0.4, 0.5) is 5.95 Å². The van der Waals surface area contributed by atoms with Crippen LogP contribution in [0.2, 0.25) is 0 Å². The van der Waals surface area contributed by atoms with E-state index in [0.29, 0.717) is 22.9 Å². The minimum Gasteiger partial charge on any atom is -0.340 e. The van der Waals surface area contributed by atoms with Crippen LogP contribution in [-0.2, 0) is 20.6 Å². The molecule has 0 saturated carbocycles. The van der Waals surface area contributed by atoms with Gasteiger partial charge in [0, 0.05) is 52.7 Å². The Morgan fingerprint density at radius 2 is 2.00 bits per heavy atom. The van der Waals surface area contributed by atoms with Crippen LogP contribution in [0, 0.1) is 11.8 Å². The number of fused-ring (bicyclic) bond motifs is 1. The van der Waals surface area contributed by atoms with Crippen LogP contribution in [0.3, 0.4) is 0 Å². The van der Waals surface area contributed by atoms with Gasteiger partial charge in [-0.05, 0) is 18.7 Å². The molecule has 146 valence electrons. The second-order valence-corrected chi connectivity index (χ2v) is 7.45. The number of nitrogens with one attached hydrogen (secondary N) is 1.